The van der Waals surface area contributed by atoms with Gasteiger partial charge in [0.05, 0.1) is 5.56 Å². The van der Waals surface area contributed by atoms with Crippen molar-refractivity contribution in [2.45, 2.75) is 6.42 Å². The van der Waals surface area contributed by atoms with Crippen molar-refractivity contribution >= 4 is 11.7 Å². The SMILES string of the molecule is NC(=O)c1cccnc1N1CCC(CO)C1. The number of hydrogen-bond acceptors (Lipinski definition) is 4. The maximum Gasteiger partial charge on any atom is 0.252 e. The number of aromatic nitrogens is 1. The molecule has 5 nitrogen and oxygen atoms in total. The van der Waals surface area contributed by atoms with E-state index in [1.807, 2.05) is 4.90 Å². The number of pyridine rings is 1. The number of aliphatic hydroxyl groups is 1. The summed E-state index contributed by atoms with van der Waals surface area (Å²) < 4.78 is 0. The Kier molecular flexibility index (Phi) is 3.05. The Morgan fingerprint density at radius 3 is 3.12 bits per heavy atom. The zero-order chi connectivity index (χ0) is 11.5. The van der Waals surface area contributed by atoms with E-state index in [1.54, 1.807) is 18.3 Å². The van der Waals surface area contributed by atoms with Crippen molar-refractivity contribution in [1.82, 2.24) is 4.98 Å². The predicted molar refractivity (Wildman–Crippen MR) is 60.2 cm³/mol. The molecule has 1 saturated heterocycles. The lowest BCUT2D eigenvalue weighted by Crippen LogP contribution is -2.25. The summed E-state index contributed by atoms with van der Waals surface area (Å²) in [4.78, 5) is 17.4. The van der Waals surface area contributed by atoms with Gasteiger partial charge in [-0.1, -0.05) is 0 Å². The molecule has 0 saturated carbocycles. The topological polar surface area (TPSA) is 79.5 Å². The molecule has 1 aromatic heterocycles. The number of primary amides is 1. The number of amides is 1. The van der Waals surface area contributed by atoms with Gasteiger partial charge < -0.3 is 15.7 Å². The van der Waals surface area contributed by atoms with Crippen LogP contribution in [0.3, 0.4) is 0 Å². The Hall–Kier alpha value is -1.62. The zero-order valence-corrected chi connectivity index (χ0v) is 8.97. The van der Waals surface area contributed by atoms with E-state index in [4.69, 9.17) is 10.8 Å². The summed E-state index contributed by atoms with van der Waals surface area (Å²) in [5.41, 5.74) is 5.74. The predicted octanol–water partition coefficient (Wildman–Crippen LogP) is -0.000900. The van der Waals surface area contributed by atoms with E-state index in [9.17, 15) is 4.79 Å². The summed E-state index contributed by atoms with van der Waals surface area (Å²) in [5, 5.41) is 9.07. The van der Waals surface area contributed by atoms with E-state index in [0.717, 1.165) is 19.5 Å². The molecule has 2 heterocycles. The fourth-order valence-electron chi connectivity index (χ4n) is 2.02. The summed E-state index contributed by atoms with van der Waals surface area (Å²) in [6, 6.07) is 3.38. The molecule has 1 fully saturated rings. The average molecular weight is 221 g/mol. The van der Waals surface area contributed by atoms with Crippen LogP contribution in [0.5, 0.6) is 0 Å². The van der Waals surface area contributed by atoms with Crippen molar-refractivity contribution in [3.8, 4) is 0 Å². The minimum atomic E-state index is -0.462. The fraction of sp³-hybridized carbons (Fsp3) is 0.455. The Morgan fingerprint density at radius 2 is 2.50 bits per heavy atom. The second-order valence-electron chi connectivity index (χ2n) is 4.02. The van der Waals surface area contributed by atoms with Crippen LogP contribution in [0.15, 0.2) is 18.3 Å². The smallest absolute Gasteiger partial charge is 0.252 e. The number of hydrogen-bond donors (Lipinski definition) is 2. The monoisotopic (exact) mass is 221 g/mol. The Morgan fingerprint density at radius 1 is 1.69 bits per heavy atom. The molecule has 3 N–H and O–H groups in total. The van der Waals surface area contributed by atoms with Gasteiger partial charge in [-0.05, 0) is 18.6 Å². The van der Waals surface area contributed by atoms with Crippen LogP contribution in [0.4, 0.5) is 5.82 Å². The third-order valence-corrected chi connectivity index (χ3v) is 2.90. The molecule has 0 spiro atoms. The first kappa shape index (κ1) is 10.9. The summed E-state index contributed by atoms with van der Waals surface area (Å²) >= 11 is 0. The van der Waals surface area contributed by atoms with Crippen molar-refractivity contribution in [1.29, 1.82) is 0 Å². The fourth-order valence-corrected chi connectivity index (χ4v) is 2.02. The van der Waals surface area contributed by atoms with Crippen molar-refractivity contribution in [2.24, 2.45) is 11.7 Å². The molecule has 86 valence electrons. The highest BCUT2D eigenvalue weighted by Gasteiger charge is 2.25. The molecule has 1 aliphatic rings. The van der Waals surface area contributed by atoms with Crippen molar-refractivity contribution in [3.63, 3.8) is 0 Å². The third kappa shape index (κ3) is 1.99. The second kappa shape index (κ2) is 4.49. The number of carbonyl (C=O) groups excluding carboxylic acids is 1. The first-order valence-corrected chi connectivity index (χ1v) is 5.33. The van der Waals surface area contributed by atoms with Crippen molar-refractivity contribution in [2.75, 3.05) is 24.6 Å². The lowest BCUT2D eigenvalue weighted by Gasteiger charge is -2.19. The summed E-state index contributed by atoms with van der Waals surface area (Å²) in [6.45, 7) is 1.71. The van der Waals surface area contributed by atoms with Crippen LogP contribution in [0.2, 0.25) is 0 Å². The van der Waals surface area contributed by atoms with Crippen molar-refractivity contribution in [3.05, 3.63) is 23.9 Å². The highest BCUT2D eigenvalue weighted by Crippen LogP contribution is 2.24. The van der Waals surface area contributed by atoms with Gasteiger partial charge in [-0.15, -0.1) is 0 Å². The maximum absolute atomic E-state index is 11.2. The molecule has 1 unspecified atom stereocenters. The number of aliphatic hydroxyl groups excluding tert-OH is 1. The van der Waals surface area contributed by atoms with E-state index < -0.39 is 5.91 Å². The molecular weight excluding hydrogens is 206 g/mol. The standard InChI is InChI=1S/C11H15N3O2/c12-10(16)9-2-1-4-13-11(9)14-5-3-8(6-14)7-15/h1-2,4,8,15H,3,5-7H2,(H2,12,16). The van der Waals surface area contributed by atoms with Crippen LogP contribution in [0, 0.1) is 5.92 Å². The molecule has 0 aliphatic carbocycles. The second-order valence-corrected chi connectivity index (χ2v) is 4.02. The van der Waals surface area contributed by atoms with Crippen LogP contribution in [-0.2, 0) is 0 Å². The molecule has 0 aromatic carbocycles. The number of carbonyl (C=O) groups is 1. The van der Waals surface area contributed by atoms with E-state index in [2.05, 4.69) is 4.98 Å². The van der Waals surface area contributed by atoms with E-state index in [1.165, 1.54) is 0 Å². The average Bonchev–Trinajstić information content (AvgIpc) is 2.77. The van der Waals surface area contributed by atoms with Gasteiger partial charge in [0.25, 0.3) is 5.91 Å². The van der Waals surface area contributed by atoms with E-state index >= 15 is 0 Å². The molecule has 2 rings (SSSR count). The quantitative estimate of drug-likeness (QED) is 0.753. The molecule has 1 amide bonds. The van der Waals surface area contributed by atoms with E-state index in [0.29, 0.717) is 11.4 Å². The van der Waals surface area contributed by atoms with Crippen LogP contribution < -0.4 is 10.6 Å². The Labute approximate surface area is 93.9 Å². The lowest BCUT2D eigenvalue weighted by atomic mass is 10.1. The van der Waals surface area contributed by atoms with Gasteiger partial charge in [-0.25, -0.2) is 4.98 Å². The molecule has 5 heteroatoms. The van der Waals surface area contributed by atoms with Crippen LogP contribution in [0.1, 0.15) is 16.8 Å². The minimum absolute atomic E-state index is 0.176. The summed E-state index contributed by atoms with van der Waals surface area (Å²) in [5.74, 6) is 0.434. The van der Waals surface area contributed by atoms with Crippen LogP contribution in [-0.4, -0.2) is 35.7 Å². The molecule has 1 aromatic rings. The number of anilines is 1. The molecular formula is C11H15N3O2. The molecule has 1 atom stereocenters. The minimum Gasteiger partial charge on any atom is -0.396 e. The zero-order valence-electron chi connectivity index (χ0n) is 8.97. The first-order valence-electron chi connectivity index (χ1n) is 5.33. The van der Waals surface area contributed by atoms with Gasteiger partial charge >= 0.3 is 0 Å². The largest absolute Gasteiger partial charge is 0.396 e. The van der Waals surface area contributed by atoms with Crippen LogP contribution in [0.25, 0.3) is 0 Å². The normalized spacial score (nSPS) is 20.1. The molecule has 0 bridgehead atoms. The summed E-state index contributed by atoms with van der Waals surface area (Å²) in [6.07, 6.45) is 2.57. The third-order valence-electron chi connectivity index (χ3n) is 2.90. The molecule has 1 aliphatic heterocycles. The molecule has 0 radical (unpaired) electrons. The maximum atomic E-state index is 11.2. The van der Waals surface area contributed by atoms with Crippen molar-refractivity contribution < 1.29 is 9.90 Å². The lowest BCUT2D eigenvalue weighted by molar-refractivity contribution is 0.100. The number of nitrogens with two attached hydrogens (primary N) is 1. The first-order chi connectivity index (χ1) is 7.72. The summed E-state index contributed by atoms with van der Waals surface area (Å²) in [7, 11) is 0. The number of rotatable bonds is 3. The van der Waals surface area contributed by atoms with Crippen LogP contribution >= 0.6 is 0 Å². The highest BCUT2D eigenvalue weighted by molar-refractivity contribution is 5.97. The van der Waals surface area contributed by atoms with Gasteiger partial charge in [-0.3, -0.25) is 4.79 Å². The highest BCUT2D eigenvalue weighted by atomic mass is 16.3. The molecule has 16 heavy (non-hydrogen) atoms. The Bertz CT molecular complexity index is 395. The number of nitrogens with zero attached hydrogens (tertiary/aromatic N) is 2. The van der Waals surface area contributed by atoms with Gasteiger partial charge in [0.2, 0.25) is 0 Å². The van der Waals surface area contributed by atoms with Gasteiger partial charge in [0, 0.05) is 31.8 Å². The Balaban J connectivity index is 2.24. The van der Waals surface area contributed by atoms with Gasteiger partial charge in [0.15, 0.2) is 0 Å². The van der Waals surface area contributed by atoms with E-state index in [-0.39, 0.29) is 12.5 Å². The van der Waals surface area contributed by atoms with Gasteiger partial charge in [0.1, 0.15) is 5.82 Å². The van der Waals surface area contributed by atoms with Gasteiger partial charge in [-0.2, -0.15) is 0 Å².